The topological polar surface area (TPSA) is 75.1 Å². The Kier molecular flexibility index (Phi) is 3.88. The Balaban J connectivity index is 2.00. The average Bonchev–Trinajstić information content (AvgIpc) is 2.84. The van der Waals surface area contributed by atoms with Gasteiger partial charge < -0.3 is 10.4 Å². The van der Waals surface area contributed by atoms with E-state index in [1.807, 2.05) is 13.0 Å². The molecule has 0 unspecified atom stereocenters. The number of carbonyl (C=O) groups excluding carboxylic acids is 1. The number of aromatic nitrogens is 2. The van der Waals surface area contributed by atoms with Crippen LogP contribution in [0.15, 0.2) is 24.3 Å². The Morgan fingerprint density at radius 1 is 1.50 bits per heavy atom. The Bertz CT molecular complexity index is 554. The van der Waals surface area contributed by atoms with Crippen molar-refractivity contribution in [1.29, 1.82) is 0 Å². The van der Waals surface area contributed by atoms with Gasteiger partial charge in [0.25, 0.3) is 5.91 Å². The van der Waals surface area contributed by atoms with E-state index in [9.17, 15) is 9.90 Å². The highest BCUT2D eigenvalue weighted by atomic mass is 32.1. The predicted octanol–water partition coefficient (Wildman–Crippen LogP) is 1.74. The lowest BCUT2D eigenvalue weighted by Crippen LogP contribution is -2.22. The molecule has 0 atom stereocenters. The molecule has 1 aromatic carbocycles. The zero-order valence-corrected chi connectivity index (χ0v) is 10.7. The third-order valence-electron chi connectivity index (χ3n) is 2.46. The van der Waals surface area contributed by atoms with Gasteiger partial charge in [0.05, 0.1) is 5.69 Å². The van der Waals surface area contributed by atoms with Crippen LogP contribution in [0, 0.1) is 0 Å². The van der Waals surface area contributed by atoms with Crippen molar-refractivity contribution < 1.29 is 9.90 Å². The van der Waals surface area contributed by atoms with Gasteiger partial charge in [0.1, 0.15) is 10.6 Å². The zero-order chi connectivity index (χ0) is 13.0. The normalized spacial score (nSPS) is 10.3. The molecule has 18 heavy (non-hydrogen) atoms. The SMILES string of the molecule is CCc1nnsc1C(=O)NCc1cccc(O)c1. The largest absolute Gasteiger partial charge is 0.508 e. The fraction of sp³-hybridized carbons (Fsp3) is 0.250. The zero-order valence-electron chi connectivity index (χ0n) is 9.88. The first-order valence-corrected chi connectivity index (χ1v) is 6.35. The van der Waals surface area contributed by atoms with E-state index in [0.717, 1.165) is 17.1 Å². The molecule has 0 aliphatic heterocycles. The van der Waals surface area contributed by atoms with Gasteiger partial charge in [0.2, 0.25) is 0 Å². The average molecular weight is 263 g/mol. The van der Waals surface area contributed by atoms with Gasteiger partial charge in [-0.3, -0.25) is 4.79 Å². The summed E-state index contributed by atoms with van der Waals surface area (Å²) in [6, 6.07) is 6.79. The van der Waals surface area contributed by atoms with Gasteiger partial charge in [-0.05, 0) is 35.6 Å². The molecule has 2 N–H and O–H groups in total. The second-order valence-corrected chi connectivity index (χ2v) is 4.51. The highest BCUT2D eigenvalue weighted by molar-refractivity contribution is 7.08. The Hall–Kier alpha value is -1.95. The van der Waals surface area contributed by atoms with Crippen LogP contribution in [0.5, 0.6) is 5.75 Å². The van der Waals surface area contributed by atoms with E-state index in [4.69, 9.17) is 0 Å². The lowest BCUT2D eigenvalue weighted by Gasteiger charge is -2.04. The van der Waals surface area contributed by atoms with E-state index in [0.29, 0.717) is 23.5 Å². The van der Waals surface area contributed by atoms with Crippen molar-refractivity contribution >= 4 is 17.4 Å². The van der Waals surface area contributed by atoms with Crippen LogP contribution in [0.25, 0.3) is 0 Å². The molecule has 2 rings (SSSR count). The van der Waals surface area contributed by atoms with Gasteiger partial charge in [-0.25, -0.2) is 0 Å². The molecule has 2 aromatic rings. The van der Waals surface area contributed by atoms with E-state index in [1.165, 1.54) is 0 Å². The lowest BCUT2D eigenvalue weighted by molar-refractivity contribution is 0.0954. The van der Waals surface area contributed by atoms with E-state index in [-0.39, 0.29) is 11.7 Å². The number of aromatic hydroxyl groups is 1. The van der Waals surface area contributed by atoms with Gasteiger partial charge in [0.15, 0.2) is 0 Å². The third kappa shape index (κ3) is 2.84. The molecule has 0 aliphatic carbocycles. The van der Waals surface area contributed by atoms with Crippen LogP contribution in [0.1, 0.15) is 27.9 Å². The molecular weight excluding hydrogens is 250 g/mol. The first kappa shape index (κ1) is 12.5. The Morgan fingerprint density at radius 2 is 2.33 bits per heavy atom. The monoisotopic (exact) mass is 263 g/mol. The highest BCUT2D eigenvalue weighted by Crippen LogP contribution is 2.13. The van der Waals surface area contributed by atoms with Crippen LogP contribution in [0.4, 0.5) is 0 Å². The van der Waals surface area contributed by atoms with E-state index < -0.39 is 0 Å². The first-order valence-electron chi connectivity index (χ1n) is 5.58. The molecule has 1 amide bonds. The number of benzene rings is 1. The molecule has 0 saturated heterocycles. The number of nitrogens with one attached hydrogen (secondary N) is 1. The third-order valence-corrected chi connectivity index (χ3v) is 3.23. The molecule has 6 heteroatoms. The van der Waals surface area contributed by atoms with Crippen molar-refractivity contribution in [2.45, 2.75) is 19.9 Å². The summed E-state index contributed by atoms with van der Waals surface area (Å²) in [5.41, 5.74) is 1.56. The molecule has 5 nitrogen and oxygen atoms in total. The number of hydrogen-bond donors (Lipinski definition) is 2. The van der Waals surface area contributed by atoms with Crippen LogP contribution in [-0.4, -0.2) is 20.6 Å². The minimum atomic E-state index is -0.176. The van der Waals surface area contributed by atoms with Crippen molar-refractivity contribution in [3.8, 4) is 5.75 Å². The maximum Gasteiger partial charge on any atom is 0.265 e. The number of phenolic OH excluding ortho intramolecular Hbond substituents is 1. The van der Waals surface area contributed by atoms with E-state index >= 15 is 0 Å². The summed E-state index contributed by atoms with van der Waals surface area (Å²) in [6.45, 7) is 2.30. The summed E-state index contributed by atoms with van der Waals surface area (Å²) in [6.07, 6.45) is 0.686. The van der Waals surface area contributed by atoms with Crippen molar-refractivity contribution in [2.24, 2.45) is 0 Å². The van der Waals surface area contributed by atoms with E-state index in [2.05, 4.69) is 14.9 Å². The van der Waals surface area contributed by atoms with Crippen molar-refractivity contribution in [1.82, 2.24) is 14.9 Å². The van der Waals surface area contributed by atoms with Gasteiger partial charge >= 0.3 is 0 Å². The summed E-state index contributed by atoms with van der Waals surface area (Å²) in [7, 11) is 0. The molecule has 0 spiro atoms. The van der Waals surface area contributed by atoms with Crippen LogP contribution in [0.2, 0.25) is 0 Å². The molecule has 0 bridgehead atoms. The second kappa shape index (κ2) is 5.59. The lowest BCUT2D eigenvalue weighted by atomic mass is 10.2. The number of phenols is 1. The number of rotatable bonds is 4. The summed E-state index contributed by atoms with van der Waals surface area (Å²) in [4.78, 5) is 12.5. The summed E-state index contributed by atoms with van der Waals surface area (Å²) < 4.78 is 3.77. The summed E-state index contributed by atoms with van der Waals surface area (Å²) in [5, 5.41) is 16.0. The molecule has 0 radical (unpaired) electrons. The number of amides is 1. The van der Waals surface area contributed by atoms with Gasteiger partial charge in [-0.1, -0.05) is 23.5 Å². The van der Waals surface area contributed by atoms with E-state index in [1.54, 1.807) is 18.2 Å². The smallest absolute Gasteiger partial charge is 0.265 e. The van der Waals surface area contributed by atoms with Gasteiger partial charge in [-0.15, -0.1) is 5.10 Å². The molecule has 94 valence electrons. The van der Waals surface area contributed by atoms with Crippen molar-refractivity contribution in [2.75, 3.05) is 0 Å². The Labute approximate surface area is 109 Å². The predicted molar refractivity (Wildman–Crippen MR) is 68.6 cm³/mol. The fourth-order valence-corrected chi connectivity index (χ4v) is 2.21. The summed E-state index contributed by atoms with van der Waals surface area (Å²) >= 11 is 1.10. The minimum Gasteiger partial charge on any atom is -0.508 e. The minimum absolute atomic E-state index is 0.176. The van der Waals surface area contributed by atoms with Gasteiger partial charge in [0, 0.05) is 6.54 Å². The van der Waals surface area contributed by atoms with Crippen molar-refractivity contribution in [3.05, 3.63) is 40.4 Å². The number of aryl methyl sites for hydroxylation is 1. The number of hydrogen-bond acceptors (Lipinski definition) is 5. The van der Waals surface area contributed by atoms with Crippen LogP contribution in [-0.2, 0) is 13.0 Å². The number of carbonyl (C=O) groups is 1. The van der Waals surface area contributed by atoms with Crippen LogP contribution in [0.3, 0.4) is 0 Å². The maximum atomic E-state index is 11.9. The molecule has 0 saturated carbocycles. The quantitative estimate of drug-likeness (QED) is 0.881. The molecule has 1 aromatic heterocycles. The van der Waals surface area contributed by atoms with Crippen LogP contribution < -0.4 is 5.32 Å². The molecular formula is C12H13N3O2S. The van der Waals surface area contributed by atoms with Gasteiger partial charge in [-0.2, -0.15) is 0 Å². The van der Waals surface area contributed by atoms with Crippen LogP contribution >= 0.6 is 11.5 Å². The Morgan fingerprint density at radius 3 is 3.06 bits per heavy atom. The summed E-state index contributed by atoms with van der Waals surface area (Å²) in [5.74, 6) is 0.0145. The highest BCUT2D eigenvalue weighted by Gasteiger charge is 2.14. The van der Waals surface area contributed by atoms with Crippen molar-refractivity contribution in [3.63, 3.8) is 0 Å². The number of nitrogens with zero attached hydrogens (tertiary/aromatic N) is 2. The second-order valence-electron chi connectivity index (χ2n) is 3.75. The molecule has 0 fully saturated rings. The standard InChI is InChI=1S/C12H13N3O2S/c1-2-10-11(18-15-14-10)12(17)13-7-8-4-3-5-9(16)6-8/h3-6,16H,2,7H2,1H3,(H,13,17). The fourth-order valence-electron chi connectivity index (χ4n) is 1.54. The maximum absolute atomic E-state index is 11.9. The molecule has 0 aliphatic rings. The first-order chi connectivity index (χ1) is 8.70. The molecule has 1 heterocycles.